The molecule has 0 spiro atoms. The smallest absolute Gasteiger partial charge is 0.0348 e. The zero-order valence-corrected chi connectivity index (χ0v) is 10.3. The maximum absolute atomic E-state index is 5.59. The van der Waals surface area contributed by atoms with Gasteiger partial charge in [0.2, 0.25) is 0 Å². The molecular formula is C13H20ClN. The van der Waals surface area contributed by atoms with Crippen LogP contribution in [0.2, 0.25) is 0 Å². The minimum Gasteiger partial charge on any atom is -0.311 e. The minimum atomic E-state index is 0.662. The van der Waals surface area contributed by atoms with Crippen LogP contribution in [-0.4, -0.2) is 12.4 Å². The molecule has 1 atom stereocenters. The third kappa shape index (κ3) is 4.23. The van der Waals surface area contributed by atoms with E-state index in [2.05, 4.69) is 43.4 Å². The van der Waals surface area contributed by atoms with Crippen molar-refractivity contribution < 1.29 is 0 Å². The van der Waals surface area contributed by atoms with Gasteiger partial charge in [-0.3, -0.25) is 0 Å². The van der Waals surface area contributed by atoms with E-state index in [1.54, 1.807) is 0 Å². The number of rotatable bonds is 6. The summed E-state index contributed by atoms with van der Waals surface area (Å²) >= 11 is 5.59. The van der Waals surface area contributed by atoms with E-state index in [9.17, 15) is 0 Å². The monoisotopic (exact) mass is 225 g/mol. The fourth-order valence-corrected chi connectivity index (χ4v) is 1.63. The van der Waals surface area contributed by atoms with Crippen LogP contribution < -0.4 is 5.32 Å². The number of benzene rings is 1. The average molecular weight is 226 g/mol. The molecule has 0 aromatic heterocycles. The van der Waals surface area contributed by atoms with Crippen molar-refractivity contribution in [1.82, 2.24) is 5.32 Å². The van der Waals surface area contributed by atoms with Crippen LogP contribution >= 0.6 is 11.6 Å². The maximum Gasteiger partial charge on any atom is 0.0348 e. The SMILES string of the molecule is CCC(C)c1ccc(CNCCCl)cc1. The quantitative estimate of drug-likeness (QED) is 0.577. The zero-order chi connectivity index (χ0) is 11.1. The van der Waals surface area contributed by atoms with Crippen molar-refractivity contribution in [2.45, 2.75) is 32.7 Å². The number of hydrogen-bond acceptors (Lipinski definition) is 1. The zero-order valence-electron chi connectivity index (χ0n) is 9.59. The number of halogens is 1. The van der Waals surface area contributed by atoms with Gasteiger partial charge < -0.3 is 5.32 Å². The highest BCUT2D eigenvalue weighted by atomic mass is 35.5. The van der Waals surface area contributed by atoms with E-state index in [-0.39, 0.29) is 0 Å². The molecule has 0 saturated carbocycles. The van der Waals surface area contributed by atoms with Gasteiger partial charge >= 0.3 is 0 Å². The van der Waals surface area contributed by atoms with Crippen LogP contribution in [0.15, 0.2) is 24.3 Å². The normalized spacial score (nSPS) is 12.7. The molecule has 0 radical (unpaired) electrons. The van der Waals surface area contributed by atoms with Gasteiger partial charge in [-0.25, -0.2) is 0 Å². The van der Waals surface area contributed by atoms with Crippen LogP contribution in [0.5, 0.6) is 0 Å². The van der Waals surface area contributed by atoms with Gasteiger partial charge in [-0.15, -0.1) is 11.6 Å². The molecule has 0 aliphatic carbocycles. The highest BCUT2D eigenvalue weighted by molar-refractivity contribution is 6.18. The molecule has 1 N–H and O–H groups in total. The first kappa shape index (κ1) is 12.5. The molecule has 1 unspecified atom stereocenters. The first-order valence-electron chi connectivity index (χ1n) is 5.63. The van der Waals surface area contributed by atoms with Crippen LogP contribution in [0.1, 0.15) is 37.3 Å². The van der Waals surface area contributed by atoms with Crippen LogP contribution in [0.4, 0.5) is 0 Å². The molecule has 84 valence electrons. The third-order valence-electron chi connectivity index (χ3n) is 2.76. The second-order valence-corrected chi connectivity index (χ2v) is 4.29. The molecule has 1 aromatic rings. The van der Waals surface area contributed by atoms with E-state index < -0.39 is 0 Å². The van der Waals surface area contributed by atoms with Crippen LogP contribution in [0, 0.1) is 0 Å². The molecule has 0 aliphatic rings. The molecule has 1 aromatic carbocycles. The van der Waals surface area contributed by atoms with E-state index in [0.29, 0.717) is 11.8 Å². The van der Waals surface area contributed by atoms with E-state index in [4.69, 9.17) is 11.6 Å². The lowest BCUT2D eigenvalue weighted by molar-refractivity contribution is 0.720. The second kappa shape index (κ2) is 6.86. The molecule has 0 fully saturated rings. The Labute approximate surface area is 97.8 Å². The van der Waals surface area contributed by atoms with Crippen LogP contribution in [0.25, 0.3) is 0 Å². The van der Waals surface area contributed by atoms with Gasteiger partial charge in [-0.05, 0) is 23.5 Å². The molecule has 0 aliphatic heterocycles. The fourth-order valence-electron chi connectivity index (χ4n) is 1.50. The Kier molecular flexibility index (Phi) is 5.74. The summed E-state index contributed by atoms with van der Waals surface area (Å²) in [6, 6.07) is 8.85. The molecule has 1 nitrogen and oxygen atoms in total. The van der Waals surface area contributed by atoms with Gasteiger partial charge in [0.15, 0.2) is 0 Å². The fraction of sp³-hybridized carbons (Fsp3) is 0.538. The summed E-state index contributed by atoms with van der Waals surface area (Å²) in [6.07, 6.45) is 1.20. The Morgan fingerprint density at radius 3 is 2.47 bits per heavy atom. The van der Waals surface area contributed by atoms with E-state index in [1.165, 1.54) is 17.5 Å². The molecule has 0 bridgehead atoms. The number of hydrogen-bond donors (Lipinski definition) is 1. The summed E-state index contributed by atoms with van der Waals surface area (Å²) < 4.78 is 0. The summed E-state index contributed by atoms with van der Waals surface area (Å²) in [5, 5.41) is 3.28. The van der Waals surface area contributed by atoms with E-state index in [0.717, 1.165) is 13.1 Å². The van der Waals surface area contributed by atoms with Crippen molar-refractivity contribution in [3.8, 4) is 0 Å². The Bertz CT molecular complexity index is 268. The van der Waals surface area contributed by atoms with Gasteiger partial charge in [0.1, 0.15) is 0 Å². The minimum absolute atomic E-state index is 0.662. The molecule has 15 heavy (non-hydrogen) atoms. The summed E-state index contributed by atoms with van der Waals surface area (Å²) in [7, 11) is 0. The van der Waals surface area contributed by atoms with E-state index >= 15 is 0 Å². The van der Waals surface area contributed by atoms with Gasteiger partial charge in [-0.2, -0.15) is 0 Å². The summed E-state index contributed by atoms with van der Waals surface area (Å²) in [4.78, 5) is 0. The van der Waals surface area contributed by atoms with Crippen molar-refractivity contribution in [3.63, 3.8) is 0 Å². The Morgan fingerprint density at radius 2 is 1.93 bits per heavy atom. The van der Waals surface area contributed by atoms with Crippen molar-refractivity contribution in [2.75, 3.05) is 12.4 Å². The molecule has 0 saturated heterocycles. The van der Waals surface area contributed by atoms with Crippen molar-refractivity contribution in [3.05, 3.63) is 35.4 Å². The molecular weight excluding hydrogens is 206 g/mol. The van der Waals surface area contributed by atoms with E-state index in [1.807, 2.05) is 0 Å². The number of alkyl halides is 1. The second-order valence-electron chi connectivity index (χ2n) is 3.92. The Balaban J connectivity index is 2.49. The maximum atomic E-state index is 5.59. The Hall–Kier alpha value is -0.530. The molecule has 0 amide bonds. The summed E-state index contributed by atoms with van der Waals surface area (Å²) in [6.45, 7) is 6.27. The lowest BCUT2D eigenvalue weighted by Crippen LogP contribution is -2.15. The topological polar surface area (TPSA) is 12.0 Å². The summed E-state index contributed by atoms with van der Waals surface area (Å²) in [5.74, 6) is 1.33. The van der Waals surface area contributed by atoms with Crippen molar-refractivity contribution in [2.24, 2.45) is 0 Å². The first-order chi connectivity index (χ1) is 7.27. The summed E-state index contributed by atoms with van der Waals surface area (Å²) in [5.41, 5.74) is 2.76. The van der Waals surface area contributed by atoms with Gasteiger partial charge in [-0.1, -0.05) is 38.1 Å². The van der Waals surface area contributed by atoms with Gasteiger partial charge in [0.05, 0.1) is 0 Å². The highest BCUT2D eigenvalue weighted by Gasteiger charge is 2.01. The molecule has 2 heteroatoms. The molecule has 0 heterocycles. The predicted octanol–water partition coefficient (Wildman–Crippen LogP) is 3.53. The average Bonchev–Trinajstić information content (AvgIpc) is 2.29. The lowest BCUT2D eigenvalue weighted by atomic mass is 9.98. The molecule has 1 rings (SSSR count). The predicted molar refractivity (Wildman–Crippen MR) is 67.6 cm³/mol. The first-order valence-corrected chi connectivity index (χ1v) is 6.17. The standard InChI is InChI=1S/C13H20ClN/c1-3-11(2)13-6-4-12(5-7-13)10-15-9-8-14/h4-7,11,15H,3,8-10H2,1-2H3. The third-order valence-corrected chi connectivity index (χ3v) is 2.95. The number of nitrogens with one attached hydrogen (secondary N) is 1. The highest BCUT2D eigenvalue weighted by Crippen LogP contribution is 2.18. The Morgan fingerprint density at radius 1 is 1.27 bits per heavy atom. The van der Waals surface area contributed by atoms with Crippen LogP contribution in [-0.2, 0) is 6.54 Å². The van der Waals surface area contributed by atoms with Crippen molar-refractivity contribution >= 4 is 11.6 Å². The van der Waals surface area contributed by atoms with Crippen molar-refractivity contribution in [1.29, 1.82) is 0 Å². The van der Waals surface area contributed by atoms with Gasteiger partial charge in [0, 0.05) is 19.0 Å². The lowest BCUT2D eigenvalue weighted by Gasteiger charge is -2.09. The largest absolute Gasteiger partial charge is 0.311 e. The van der Waals surface area contributed by atoms with Crippen LogP contribution in [0.3, 0.4) is 0 Å². The van der Waals surface area contributed by atoms with Gasteiger partial charge in [0.25, 0.3) is 0 Å².